The van der Waals surface area contributed by atoms with Gasteiger partial charge in [-0.15, -0.1) is 0 Å². The summed E-state index contributed by atoms with van der Waals surface area (Å²) in [6.07, 6.45) is 5.72. The average Bonchev–Trinajstić information content (AvgIpc) is 2.49. The second kappa shape index (κ2) is 7.55. The van der Waals surface area contributed by atoms with E-state index in [0.717, 1.165) is 18.4 Å². The first-order valence-corrected chi connectivity index (χ1v) is 7.80. The lowest BCUT2D eigenvalue weighted by Crippen LogP contribution is -2.39. The monoisotopic (exact) mass is 293 g/mol. The highest BCUT2D eigenvalue weighted by atomic mass is 19.1. The molecule has 0 aliphatic heterocycles. The summed E-state index contributed by atoms with van der Waals surface area (Å²) < 4.78 is 18.7. The van der Waals surface area contributed by atoms with Gasteiger partial charge in [-0.3, -0.25) is 5.32 Å². The normalized spacial score (nSPS) is 17.5. The van der Waals surface area contributed by atoms with E-state index < -0.39 is 6.04 Å². The molecule has 2 rings (SSSR count). The third-order valence-corrected chi connectivity index (χ3v) is 4.08. The van der Waals surface area contributed by atoms with Crippen molar-refractivity contribution >= 4 is 5.97 Å². The smallest absolute Gasteiger partial charge is 0.327 e. The minimum atomic E-state index is -0.580. The van der Waals surface area contributed by atoms with E-state index in [9.17, 15) is 9.18 Å². The lowest BCUT2D eigenvalue weighted by molar-refractivity contribution is -0.146. The number of aryl methyl sites for hydroxylation is 1. The Morgan fingerprint density at radius 1 is 1.38 bits per heavy atom. The van der Waals surface area contributed by atoms with Crippen molar-refractivity contribution < 1.29 is 13.9 Å². The molecule has 21 heavy (non-hydrogen) atoms. The van der Waals surface area contributed by atoms with Gasteiger partial charge in [-0.25, -0.2) is 9.18 Å². The van der Waals surface area contributed by atoms with Gasteiger partial charge in [0.15, 0.2) is 0 Å². The Morgan fingerprint density at radius 2 is 2.10 bits per heavy atom. The first-order valence-electron chi connectivity index (χ1n) is 7.80. The minimum Gasteiger partial charge on any atom is -0.465 e. The largest absolute Gasteiger partial charge is 0.465 e. The number of rotatable bonds is 5. The quantitative estimate of drug-likeness (QED) is 0.842. The fourth-order valence-corrected chi connectivity index (χ4v) is 2.94. The standard InChI is InChI=1S/C17H24FNO2/c1-3-21-17(20)16(19-14-7-5-4-6-8-14)15-11-13(18)10-9-12(15)2/h9-11,14,16,19H,3-8H2,1-2H3. The number of carbonyl (C=O) groups is 1. The molecule has 1 atom stereocenters. The molecule has 0 spiro atoms. The second-order valence-electron chi connectivity index (χ2n) is 5.69. The zero-order chi connectivity index (χ0) is 15.2. The fraction of sp³-hybridized carbons (Fsp3) is 0.588. The van der Waals surface area contributed by atoms with Crippen LogP contribution in [0.1, 0.15) is 56.2 Å². The van der Waals surface area contributed by atoms with Gasteiger partial charge in [-0.05, 0) is 49.9 Å². The summed E-state index contributed by atoms with van der Waals surface area (Å²) >= 11 is 0. The molecule has 1 N–H and O–H groups in total. The predicted molar refractivity (Wildman–Crippen MR) is 80.5 cm³/mol. The first kappa shape index (κ1) is 16.0. The van der Waals surface area contributed by atoms with Crippen molar-refractivity contribution in [2.24, 2.45) is 0 Å². The van der Waals surface area contributed by atoms with E-state index in [0.29, 0.717) is 18.2 Å². The third-order valence-electron chi connectivity index (χ3n) is 4.08. The van der Waals surface area contributed by atoms with Gasteiger partial charge in [0.1, 0.15) is 11.9 Å². The van der Waals surface area contributed by atoms with Crippen molar-refractivity contribution in [3.05, 3.63) is 35.1 Å². The van der Waals surface area contributed by atoms with Crippen molar-refractivity contribution in [2.45, 2.75) is 58.0 Å². The maximum Gasteiger partial charge on any atom is 0.327 e. The molecule has 1 saturated carbocycles. The number of carbonyl (C=O) groups excluding carboxylic acids is 1. The number of esters is 1. The first-order chi connectivity index (χ1) is 10.1. The molecule has 1 aliphatic carbocycles. The molecule has 0 radical (unpaired) electrons. The molecule has 116 valence electrons. The SMILES string of the molecule is CCOC(=O)C(NC1CCCCC1)c1cc(F)ccc1C. The number of nitrogens with one attached hydrogen (secondary N) is 1. The summed E-state index contributed by atoms with van der Waals surface area (Å²) in [6, 6.07) is 4.29. The maximum absolute atomic E-state index is 13.6. The summed E-state index contributed by atoms with van der Waals surface area (Å²) in [5, 5.41) is 3.38. The topological polar surface area (TPSA) is 38.3 Å². The Balaban J connectivity index is 2.22. The van der Waals surface area contributed by atoms with Crippen molar-refractivity contribution in [3.63, 3.8) is 0 Å². The predicted octanol–water partition coefficient (Wildman–Crippen LogP) is 3.66. The third kappa shape index (κ3) is 4.27. The number of hydrogen-bond donors (Lipinski definition) is 1. The molecular formula is C17H24FNO2. The van der Waals surface area contributed by atoms with E-state index in [4.69, 9.17) is 4.74 Å². The van der Waals surface area contributed by atoms with Crippen LogP contribution in [0.25, 0.3) is 0 Å². The van der Waals surface area contributed by atoms with E-state index in [-0.39, 0.29) is 11.8 Å². The molecule has 1 aromatic carbocycles. The molecule has 0 amide bonds. The summed E-state index contributed by atoms with van der Waals surface area (Å²) in [5.74, 6) is -0.646. The van der Waals surface area contributed by atoms with Crippen LogP contribution in [-0.2, 0) is 9.53 Å². The Hall–Kier alpha value is -1.42. The van der Waals surface area contributed by atoms with E-state index in [1.54, 1.807) is 13.0 Å². The molecule has 0 saturated heterocycles. The number of hydrogen-bond acceptors (Lipinski definition) is 3. The zero-order valence-corrected chi connectivity index (χ0v) is 12.8. The van der Waals surface area contributed by atoms with Crippen molar-refractivity contribution in [2.75, 3.05) is 6.61 Å². The van der Waals surface area contributed by atoms with Crippen molar-refractivity contribution in [1.29, 1.82) is 0 Å². The van der Waals surface area contributed by atoms with Crippen LogP contribution in [-0.4, -0.2) is 18.6 Å². The summed E-state index contributed by atoms with van der Waals surface area (Å²) in [6.45, 7) is 4.01. The molecule has 0 heterocycles. The Labute approximate surface area is 125 Å². The molecule has 1 aliphatic rings. The fourth-order valence-electron chi connectivity index (χ4n) is 2.94. The Kier molecular flexibility index (Phi) is 5.74. The van der Waals surface area contributed by atoms with Crippen LogP contribution in [0.5, 0.6) is 0 Å². The molecule has 1 fully saturated rings. The van der Waals surface area contributed by atoms with Gasteiger partial charge in [0.2, 0.25) is 0 Å². The van der Waals surface area contributed by atoms with Gasteiger partial charge < -0.3 is 4.74 Å². The van der Waals surface area contributed by atoms with E-state index in [1.807, 2.05) is 6.92 Å². The summed E-state index contributed by atoms with van der Waals surface area (Å²) in [5.41, 5.74) is 1.58. The van der Waals surface area contributed by atoms with Crippen LogP contribution in [0.2, 0.25) is 0 Å². The molecule has 1 aromatic rings. The van der Waals surface area contributed by atoms with Crippen LogP contribution in [0.4, 0.5) is 4.39 Å². The highest BCUT2D eigenvalue weighted by Gasteiger charge is 2.27. The maximum atomic E-state index is 13.6. The molecule has 0 bridgehead atoms. The molecule has 4 heteroatoms. The second-order valence-corrected chi connectivity index (χ2v) is 5.69. The van der Waals surface area contributed by atoms with Crippen LogP contribution in [0, 0.1) is 12.7 Å². The number of ether oxygens (including phenoxy) is 1. The zero-order valence-electron chi connectivity index (χ0n) is 12.8. The minimum absolute atomic E-state index is 0.302. The van der Waals surface area contributed by atoms with Crippen molar-refractivity contribution in [1.82, 2.24) is 5.32 Å². The number of benzene rings is 1. The van der Waals surface area contributed by atoms with Crippen LogP contribution in [0.15, 0.2) is 18.2 Å². The average molecular weight is 293 g/mol. The van der Waals surface area contributed by atoms with E-state index >= 15 is 0 Å². The van der Waals surface area contributed by atoms with Crippen LogP contribution < -0.4 is 5.32 Å². The number of halogens is 1. The van der Waals surface area contributed by atoms with Gasteiger partial charge in [0.25, 0.3) is 0 Å². The van der Waals surface area contributed by atoms with E-state index in [2.05, 4.69) is 5.32 Å². The lowest BCUT2D eigenvalue weighted by Gasteiger charge is -2.28. The molecule has 1 unspecified atom stereocenters. The summed E-state index contributed by atoms with van der Waals surface area (Å²) in [4.78, 5) is 12.3. The lowest BCUT2D eigenvalue weighted by atomic mass is 9.93. The summed E-state index contributed by atoms with van der Waals surface area (Å²) in [7, 11) is 0. The van der Waals surface area contributed by atoms with Gasteiger partial charge in [-0.1, -0.05) is 25.3 Å². The Bertz CT molecular complexity index is 484. The van der Waals surface area contributed by atoms with Gasteiger partial charge in [-0.2, -0.15) is 0 Å². The van der Waals surface area contributed by atoms with Gasteiger partial charge in [0, 0.05) is 6.04 Å². The van der Waals surface area contributed by atoms with Crippen LogP contribution >= 0.6 is 0 Å². The van der Waals surface area contributed by atoms with Gasteiger partial charge in [0.05, 0.1) is 6.61 Å². The molecular weight excluding hydrogens is 269 g/mol. The highest BCUT2D eigenvalue weighted by Crippen LogP contribution is 2.25. The molecule has 3 nitrogen and oxygen atoms in total. The highest BCUT2D eigenvalue weighted by molar-refractivity contribution is 5.78. The van der Waals surface area contributed by atoms with Crippen LogP contribution in [0.3, 0.4) is 0 Å². The van der Waals surface area contributed by atoms with Gasteiger partial charge >= 0.3 is 5.97 Å². The van der Waals surface area contributed by atoms with Crippen molar-refractivity contribution in [3.8, 4) is 0 Å². The Morgan fingerprint density at radius 3 is 2.76 bits per heavy atom. The van der Waals surface area contributed by atoms with E-state index in [1.165, 1.54) is 31.4 Å². The molecule has 0 aromatic heterocycles.